The van der Waals surface area contributed by atoms with Gasteiger partial charge in [-0.05, 0) is 37.8 Å². The molecule has 1 aliphatic heterocycles. The number of piperidine rings is 1. The zero-order valence-corrected chi connectivity index (χ0v) is 13.4. The van der Waals surface area contributed by atoms with E-state index < -0.39 is 0 Å². The van der Waals surface area contributed by atoms with Crippen LogP contribution in [0.25, 0.3) is 0 Å². The van der Waals surface area contributed by atoms with Crippen LogP contribution in [0.5, 0.6) is 0 Å². The van der Waals surface area contributed by atoms with E-state index in [4.69, 9.17) is 0 Å². The Morgan fingerprint density at radius 3 is 2.65 bits per heavy atom. The molecule has 1 saturated heterocycles. The smallest absolute Gasteiger partial charge is 0.310 e. The summed E-state index contributed by atoms with van der Waals surface area (Å²) >= 11 is 0. The van der Waals surface area contributed by atoms with Gasteiger partial charge < -0.3 is 15.4 Å². The van der Waals surface area contributed by atoms with E-state index in [0.29, 0.717) is 24.8 Å². The molecule has 2 N–H and O–H groups in total. The standard InChI is InChI=1S/C14H26N2O3.ClH/c1-10(12-5-4-6-15-9-12)7-13(17)16-8-11(2)14(18)19-3;/h10-12,15H,4-9H2,1-3H3,(H,16,17);1H. The molecule has 0 radical (unpaired) electrons. The number of methoxy groups -OCH3 is 1. The fourth-order valence-corrected chi connectivity index (χ4v) is 2.45. The minimum absolute atomic E-state index is 0. The zero-order chi connectivity index (χ0) is 14.3. The number of nitrogens with one attached hydrogen (secondary N) is 2. The molecule has 6 heteroatoms. The second-order valence-electron chi connectivity index (χ2n) is 5.52. The van der Waals surface area contributed by atoms with Crippen molar-refractivity contribution in [2.45, 2.75) is 33.1 Å². The minimum atomic E-state index is -0.291. The van der Waals surface area contributed by atoms with Crippen LogP contribution in [0.4, 0.5) is 0 Å². The summed E-state index contributed by atoms with van der Waals surface area (Å²) in [7, 11) is 1.36. The highest BCUT2D eigenvalue weighted by Crippen LogP contribution is 2.22. The van der Waals surface area contributed by atoms with Crippen molar-refractivity contribution in [2.75, 3.05) is 26.7 Å². The van der Waals surface area contributed by atoms with Gasteiger partial charge in [0, 0.05) is 13.0 Å². The molecule has 3 atom stereocenters. The van der Waals surface area contributed by atoms with Crippen LogP contribution in [0.3, 0.4) is 0 Å². The molecule has 20 heavy (non-hydrogen) atoms. The number of hydrogen-bond donors (Lipinski definition) is 2. The molecule has 0 spiro atoms. The predicted octanol–water partition coefficient (Wildman–Crippen LogP) is 1.36. The third-order valence-corrected chi connectivity index (χ3v) is 3.86. The fourth-order valence-electron chi connectivity index (χ4n) is 2.45. The summed E-state index contributed by atoms with van der Waals surface area (Å²) < 4.78 is 4.62. The number of carbonyl (C=O) groups is 2. The zero-order valence-electron chi connectivity index (χ0n) is 12.6. The molecular weight excluding hydrogens is 280 g/mol. The van der Waals surface area contributed by atoms with E-state index in [9.17, 15) is 9.59 Å². The summed E-state index contributed by atoms with van der Waals surface area (Å²) in [4.78, 5) is 23.0. The number of rotatable bonds is 6. The number of hydrogen-bond acceptors (Lipinski definition) is 4. The molecule has 0 aliphatic carbocycles. The summed E-state index contributed by atoms with van der Waals surface area (Å²) in [5.74, 6) is 0.401. The van der Waals surface area contributed by atoms with Crippen molar-refractivity contribution in [3.8, 4) is 0 Å². The van der Waals surface area contributed by atoms with E-state index in [0.717, 1.165) is 13.1 Å². The Kier molecular flexibility index (Phi) is 9.59. The van der Waals surface area contributed by atoms with Crippen molar-refractivity contribution >= 4 is 24.3 Å². The average molecular weight is 307 g/mol. The molecule has 0 aromatic rings. The molecule has 5 nitrogen and oxygen atoms in total. The topological polar surface area (TPSA) is 67.4 Å². The lowest BCUT2D eigenvalue weighted by Gasteiger charge is -2.28. The van der Waals surface area contributed by atoms with E-state index >= 15 is 0 Å². The van der Waals surface area contributed by atoms with Crippen LogP contribution in [0.2, 0.25) is 0 Å². The Morgan fingerprint density at radius 1 is 1.40 bits per heavy atom. The summed E-state index contributed by atoms with van der Waals surface area (Å²) in [5, 5.41) is 6.18. The highest BCUT2D eigenvalue weighted by Gasteiger charge is 2.22. The highest BCUT2D eigenvalue weighted by molar-refractivity contribution is 5.85. The van der Waals surface area contributed by atoms with Gasteiger partial charge in [-0.3, -0.25) is 9.59 Å². The number of halogens is 1. The molecule has 118 valence electrons. The molecule has 0 bridgehead atoms. The molecule has 0 aromatic carbocycles. The lowest BCUT2D eigenvalue weighted by Crippen LogP contribution is -2.37. The molecule has 3 unspecified atom stereocenters. The second-order valence-corrected chi connectivity index (χ2v) is 5.52. The Bertz CT molecular complexity index is 307. The Morgan fingerprint density at radius 2 is 2.10 bits per heavy atom. The number of esters is 1. The monoisotopic (exact) mass is 306 g/mol. The van der Waals surface area contributed by atoms with Crippen LogP contribution in [0.1, 0.15) is 33.1 Å². The van der Waals surface area contributed by atoms with Crippen molar-refractivity contribution in [1.29, 1.82) is 0 Å². The van der Waals surface area contributed by atoms with Crippen molar-refractivity contribution < 1.29 is 14.3 Å². The van der Waals surface area contributed by atoms with Gasteiger partial charge >= 0.3 is 5.97 Å². The van der Waals surface area contributed by atoms with E-state index in [1.807, 2.05) is 0 Å². The molecule has 0 saturated carbocycles. The first-order valence-corrected chi connectivity index (χ1v) is 7.09. The largest absolute Gasteiger partial charge is 0.469 e. The molecule has 1 heterocycles. The molecule has 1 amide bonds. The maximum Gasteiger partial charge on any atom is 0.310 e. The van der Waals surface area contributed by atoms with Gasteiger partial charge in [-0.1, -0.05) is 13.8 Å². The maximum atomic E-state index is 11.8. The summed E-state index contributed by atoms with van der Waals surface area (Å²) in [6.07, 6.45) is 2.91. The third kappa shape index (κ3) is 6.57. The molecule has 1 fully saturated rings. The Hall–Kier alpha value is -0.810. The first-order chi connectivity index (χ1) is 9.04. The van der Waals surface area contributed by atoms with Gasteiger partial charge in [0.15, 0.2) is 0 Å². The van der Waals surface area contributed by atoms with E-state index in [1.54, 1.807) is 6.92 Å². The second kappa shape index (κ2) is 10.00. The summed E-state index contributed by atoms with van der Waals surface area (Å²) in [6, 6.07) is 0. The van der Waals surface area contributed by atoms with Crippen LogP contribution < -0.4 is 10.6 Å². The van der Waals surface area contributed by atoms with Gasteiger partial charge in [0.1, 0.15) is 0 Å². The Labute approximate surface area is 127 Å². The van der Waals surface area contributed by atoms with Crippen LogP contribution in [0.15, 0.2) is 0 Å². The SMILES string of the molecule is COC(=O)C(C)CNC(=O)CC(C)C1CCCNC1.Cl. The third-order valence-electron chi connectivity index (χ3n) is 3.86. The van der Waals surface area contributed by atoms with Gasteiger partial charge in [0.2, 0.25) is 5.91 Å². The summed E-state index contributed by atoms with van der Waals surface area (Å²) in [5.41, 5.74) is 0. The lowest BCUT2D eigenvalue weighted by molar-refractivity contribution is -0.144. The van der Waals surface area contributed by atoms with E-state index in [-0.39, 0.29) is 30.2 Å². The molecular formula is C14H27ClN2O3. The lowest BCUT2D eigenvalue weighted by atomic mass is 9.85. The number of carbonyl (C=O) groups excluding carboxylic acids is 2. The van der Waals surface area contributed by atoms with E-state index in [1.165, 1.54) is 20.0 Å². The van der Waals surface area contributed by atoms with Gasteiger partial charge in [-0.25, -0.2) is 0 Å². The average Bonchev–Trinajstić information content (AvgIpc) is 2.44. The minimum Gasteiger partial charge on any atom is -0.469 e. The van der Waals surface area contributed by atoms with Gasteiger partial charge in [0.25, 0.3) is 0 Å². The molecule has 0 aromatic heterocycles. The number of ether oxygens (including phenoxy) is 1. The Balaban J connectivity index is 0.00000361. The maximum absolute atomic E-state index is 11.8. The summed E-state index contributed by atoms with van der Waals surface area (Å²) in [6.45, 7) is 6.32. The first kappa shape index (κ1) is 19.2. The van der Waals surface area contributed by atoms with Crippen molar-refractivity contribution in [2.24, 2.45) is 17.8 Å². The van der Waals surface area contributed by atoms with Crippen LogP contribution in [0, 0.1) is 17.8 Å². The van der Waals surface area contributed by atoms with Gasteiger partial charge in [-0.2, -0.15) is 0 Å². The molecule has 1 rings (SSSR count). The van der Waals surface area contributed by atoms with E-state index in [2.05, 4.69) is 22.3 Å². The van der Waals surface area contributed by atoms with Crippen molar-refractivity contribution in [3.05, 3.63) is 0 Å². The normalized spacial score (nSPS) is 21.2. The quantitative estimate of drug-likeness (QED) is 0.727. The number of amides is 1. The van der Waals surface area contributed by atoms with Gasteiger partial charge in [-0.15, -0.1) is 12.4 Å². The highest BCUT2D eigenvalue weighted by atomic mass is 35.5. The first-order valence-electron chi connectivity index (χ1n) is 7.09. The van der Waals surface area contributed by atoms with Crippen LogP contribution in [-0.2, 0) is 14.3 Å². The van der Waals surface area contributed by atoms with Crippen LogP contribution >= 0.6 is 12.4 Å². The van der Waals surface area contributed by atoms with Crippen LogP contribution in [-0.4, -0.2) is 38.6 Å². The molecule has 1 aliphatic rings. The van der Waals surface area contributed by atoms with Crippen molar-refractivity contribution in [1.82, 2.24) is 10.6 Å². The van der Waals surface area contributed by atoms with Crippen molar-refractivity contribution in [3.63, 3.8) is 0 Å². The predicted molar refractivity (Wildman–Crippen MR) is 80.8 cm³/mol. The van der Waals surface area contributed by atoms with Gasteiger partial charge in [0.05, 0.1) is 13.0 Å². The fraction of sp³-hybridized carbons (Fsp3) is 0.857.